The van der Waals surface area contributed by atoms with E-state index in [0.29, 0.717) is 0 Å². The quantitative estimate of drug-likeness (QED) is 0.124. The summed E-state index contributed by atoms with van der Waals surface area (Å²) in [7, 11) is 0. The third-order valence-electron chi connectivity index (χ3n) is 12.4. The fraction of sp³-hybridized carbons (Fsp3) is 0. The molecule has 0 aliphatic heterocycles. The van der Waals surface area contributed by atoms with Gasteiger partial charge in [0, 0.05) is 94.7 Å². The first-order chi connectivity index (χ1) is 35.6. The van der Waals surface area contributed by atoms with E-state index in [2.05, 4.69) is 75.6 Å². The van der Waals surface area contributed by atoms with Gasteiger partial charge in [-0.3, -0.25) is 34.9 Å². The Morgan fingerprint density at radius 2 is 0.514 bits per heavy atom. The molecule has 12 rings (SSSR count). The lowest BCUT2D eigenvalue weighted by Gasteiger charge is -2.13. The van der Waals surface area contributed by atoms with Gasteiger partial charge < -0.3 is 0 Å². The number of hydrogen-bond acceptors (Lipinski definition) is 10. The van der Waals surface area contributed by atoms with Crippen molar-refractivity contribution >= 4 is 0 Å². The van der Waals surface area contributed by atoms with E-state index in [9.17, 15) is 0 Å². The van der Waals surface area contributed by atoms with Crippen LogP contribution in [0.25, 0.3) is 124 Å². The van der Waals surface area contributed by atoms with Crippen LogP contribution in [-0.2, 0) is 0 Å². The normalized spacial score (nSPS) is 11.1. The molecule has 0 unspecified atom stereocenters. The van der Waals surface area contributed by atoms with Crippen molar-refractivity contribution in [3.63, 3.8) is 0 Å². The van der Waals surface area contributed by atoms with E-state index in [4.69, 9.17) is 34.9 Å². The van der Waals surface area contributed by atoms with Crippen molar-refractivity contribution in [1.29, 1.82) is 0 Å². The van der Waals surface area contributed by atoms with E-state index in [1.807, 2.05) is 165 Å². The van der Waals surface area contributed by atoms with Crippen molar-refractivity contribution in [2.75, 3.05) is 0 Å². The molecule has 0 aliphatic carbocycles. The molecule has 0 fully saturated rings. The molecular weight excluding hydrogens is 885 g/mol. The second-order valence-electron chi connectivity index (χ2n) is 17.0. The Morgan fingerprint density at radius 1 is 0.181 bits per heavy atom. The molecule has 0 amide bonds. The Hall–Kier alpha value is -10.1. The molecule has 0 radical (unpaired) electrons. The van der Waals surface area contributed by atoms with Gasteiger partial charge in [0.25, 0.3) is 0 Å². The smallest absolute Gasteiger partial charge is 0.0894 e. The summed E-state index contributed by atoms with van der Waals surface area (Å²) in [6, 6.07) is 63.1. The van der Waals surface area contributed by atoms with Crippen molar-refractivity contribution < 1.29 is 0 Å². The van der Waals surface area contributed by atoms with Crippen molar-refractivity contribution in [1.82, 2.24) is 49.8 Å². The van der Waals surface area contributed by atoms with Crippen LogP contribution >= 0.6 is 0 Å². The van der Waals surface area contributed by atoms with Gasteiger partial charge in [-0.1, -0.05) is 84.9 Å². The lowest BCUT2D eigenvalue weighted by molar-refractivity contribution is 1.22. The van der Waals surface area contributed by atoms with E-state index in [0.717, 1.165) is 124 Å². The van der Waals surface area contributed by atoms with E-state index >= 15 is 0 Å². The molecule has 72 heavy (non-hydrogen) atoms. The lowest BCUT2D eigenvalue weighted by Crippen LogP contribution is -1.93. The zero-order valence-electron chi connectivity index (χ0n) is 38.6. The Morgan fingerprint density at radius 3 is 0.889 bits per heavy atom. The second-order valence-corrected chi connectivity index (χ2v) is 17.0. The van der Waals surface area contributed by atoms with Gasteiger partial charge in [0.15, 0.2) is 0 Å². The SMILES string of the molecule is c1ccc(-c2cccc(-c3ccc(-c4cc(-c5ccc(-c6cccc(-c7ccc(-c8cccnc8)cn7)n6)cc5)cc(-c5ccc(-c6cccc(-c7ccc(-c8cccnc8)cn7)n6)nc5)c4)cn3)n2)nc1. The number of pyridine rings is 10. The highest BCUT2D eigenvalue weighted by Crippen LogP contribution is 2.35. The molecule has 2 aromatic carbocycles. The predicted molar refractivity (Wildman–Crippen MR) is 284 cm³/mol. The number of nitrogens with zero attached hydrogens (tertiary/aromatic N) is 10. The summed E-state index contributed by atoms with van der Waals surface area (Å²) >= 11 is 0. The van der Waals surface area contributed by atoms with Crippen molar-refractivity contribution in [2.45, 2.75) is 0 Å². The molecule has 0 aliphatic rings. The molecule has 0 atom stereocenters. The van der Waals surface area contributed by atoms with Gasteiger partial charge in [0.1, 0.15) is 0 Å². The summed E-state index contributed by atoms with van der Waals surface area (Å²) in [6.45, 7) is 0. The summed E-state index contributed by atoms with van der Waals surface area (Å²) in [5.41, 5.74) is 19.8. The Balaban J connectivity index is 0.851. The summed E-state index contributed by atoms with van der Waals surface area (Å²) < 4.78 is 0. The van der Waals surface area contributed by atoms with Crippen LogP contribution in [-0.4, -0.2) is 49.8 Å². The minimum absolute atomic E-state index is 0.757. The molecule has 0 bridgehead atoms. The van der Waals surface area contributed by atoms with Crippen LogP contribution in [0.5, 0.6) is 0 Å². The molecule has 10 heteroatoms. The van der Waals surface area contributed by atoms with Crippen LogP contribution in [0.4, 0.5) is 0 Å². The molecule has 10 heterocycles. The number of aromatic nitrogens is 10. The third-order valence-corrected chi connectivity index (χ3v) is 12.4. The molecule has 12 aromatic rings. The average Bonchev–Trinajstić information content (AvgIpc) is 3.48. The largest absolute Gasteiger partial charge is 0.264 e. The minimum Gasteiger partial charge on any atom is -0.264 e. The lowest BCUT2D eigenvalue weighted by atomic mass is 9.93. The van der Waals surface area contributed by atoms with Crippen LogP contribution in [0, 0.1) is 0 Å². The fourth-order valence-corrected chi connectivity index (χ4v) is 8.59. The number of rotatable bonds is 11. The summed E-state index contributed by atoms with van der Waals surface area (Å²) in [5.74, 6) is 0. The maximum Gasteiger partial charge on any atom is 0.0894 e. The highest BCUT2D eigenvalue weighted by molar-refractivity contribution is 5.82. The van der Waals surface area contributed by atoms with Crippen LogP contribution in [0.3, 0.4) is 0 Å². The molecule has 0 saturated heterocycles. The van der Waals surface area contributed by atoms with Gasteiger partial charge in [-0.25, -0.2) is 15.0 Å². The number of hydrogen-bond donors (Lipinski definition) is 0. The second kappa shape index (κ2) is 19.5. The zero-order chi connectivity index (χ0) is 48.1. The van der Waals surface area contributed by atoms with Crippen molar-refractivity contribution in [3.05, 3.63) is 244 Å². The maximum atomic E-state index is 5.03. The van der Waals surface area contributed by atoms with E-state index in [-0.39, 0.29) is 0 Å². The summed E-state index contributed by atoms with van der Waals surface area (Å²) in [6.07, 6.45) is 16.5. The van der Waals surface area contributed by atoms with E-state index < -0.39 is 0 Å². The minimum atomic E-state index is 0.757. The first-order valence-electron chi connectivity index (χ1n) is 23.4. The van der Waals surface area contributed by atoms with Gasteiger partial charge in [0.05, 0.1) is 62.6 Å². The average molecular weight is 925 g/mol. The molecule has 0 spiro atoms. The van der Waals surface area contributed by atoms with Gasteiger partial charge in [-0.05, 0) is 125 Å². The van der Waals surface area contributed by atoms with Crippen molar-refractivity contribution in [2.24, 2.45) is 0 Å². The predicted octanol–water partition coefficient (Wildman–Crippen LogP) is 14.0. The Labute approximate surface area is 415 Å². The molecule has 338 valence electrons. The molecule has 0 saturated carbocycles. The first kappa shape index (κ1) is 43.2. The zero-order valence-corrected chi connectivity index (χ0v) is 38.6. The Bertz CT molecular complexity index is 3610. The third kappa shape index (κ3) is 9.26. The van der Waals surface area contributed by atoms with Gasteiger partial charge in [0.2, 0.25) is 0 Å². The van der Waals surface area contributed by atoms with Crippen LogP contribution in [0.15, 0.2) is 244 Å². The van der Waals surface area contributed by atoms with Crippen molar-refractivity contribution in [3.8, 4) is 124 Å². The molecule has 10 nitrogen and oxygen atoms in total. The molecule has 0 N–H and O–H groups in total. The topological polar surface area (TPSA) is 129 Å². The maximum absolute atomic E-state index is 5.03. The van der Waals surface area contributed by atoms with Crippen LogP contribution in [0.2, 0.25) is 0 Å². The monoisotopic (exact) mass is 924 g/mol. The van der Waals surface area contributed by atoms with Crippen LogP contribution in [0.1, 0.15) is 0 Å². The molecular formula is C62H40N10. The first-order valence-corrected chi connectivity index (χ1v) is 23.4. The van der Waals surface area contributed by atoms with Gasteiger partial charge in [-0.15, -0.1) is 0 Å². The molecule has 10 aromatic heterocycles. The summed E-state index contributed by atoms with van der Waals surface area (Å²) in [4.78, 5) is 47.3. The number of benzene rings is 2. The highest BCUT2D eigenvalue weighted by Gasteiger charge is 2.14. The van der Waals surface area contributed by atoms with E-state index in [1.54, 1.807) is 18.6 Å². The van der Waals surface area contributed by atoms with Crippen LogP contribution < -0.4 is 0 Å². The van der Waals surface area contributed by atoms with Gasteiger partial charge in [-0.2, -0.15) is 0 Å². The van der Waals surface area contributed by atoms with Gasteiger partial charge >= 0.3 is 0 Å². The summed E-state index contributed by atoms with van der Waals surface area (Å²) in [5, 5.41) is 0. The van der Waals surface area contributed by atoms with E-state index in [1.165, 1.54) is 0 Å². The Kier molecular flexibility index (Phi) is 11.7. The standard InChI is InChI=1S/C62H40N10/c1-2-31-65-53(10-1)58-13-4-14-60(71-58)56-27-23-47(39-68-56)50-32-49(41-17-19-42(20-18-41)52-11-3-12-59(70-52)54-25-21-45(37-66-54)43-8-6-29-63-35-43)33-51(34-50)48-24-28-57(69-40-48)62-16-5-15-61(72-62)55-26-22-46(38-67-55)44-9-7-30-64-36-44/h1-40H. The fourth-order valence-electron chi connectivity index (χ4n) is 8.59. The highest BCUT2D eigenvalue weighted by atomic mass is 14.8.